The van der Waals surface area contributed by atoms with Crippen LogP contribution in [0.15, 0.2) is 5.16 Å². The number of hydrogen-bond donors (Lipinski definition) is 2. The SMILES string of the molecule is CC(C)(/C=N/O)SCC(N)=O. The molecule has 0 aliphatic heterocycles. The molecule has 0 aromatic heterocycles. The predicted molar refractivity (Wildman–Crippen MR) is 46.0 cm³/mol. The molecule has 4 nitrogen and oxygen atoms in total. The van der Waals surface area contributed by atoms with E-state index in [9.17, 15) is 4.79 Å². The van der Waals surface area contributed by atoms with E-state index in [0.29, 0.717) is 0 Å². The van der Waals surface area contributed by atoms with Crippen LogP contribution in [0.3, 0.4) is 0 Å². The Morgan fingerprint density at radius 1 is 1.82 bits per heavy atom. The van der Waals surface area contributed by atoms with Gasteiger partial charge in [-0.2, -0.15) is 0 Å². The first-order valence-electron chi connectivity index (χ1n) is 3.09. The summed E-state index contributed by atoms with van der Waals surface area (Å²) in [5, 5.41) is 11.1. The highest BCUT2D eigenvalue weighted by molar-refractivity contribution is 8.01. The second-order valence-corrected chi connectivity index (χ2v) is 4.23. The molecule has 0 heterocycles. The van der Waals surface area contributed by atoms with E-state index in [-0.39, 0.29) is 16.4 Å². The van der Waals surface area contributed by atoms with Gasteiger partial charge in [-0.15, -0.1) is 16.9 Å². The fourth-order valence-electron chi connectivity index (χ4n) is 0.433. The van der Waals surface area contributed by atoms with Crippen molar-refractivity contribution in [2.75, 3.05) is 5.75 Å². The molecule has 0 bridgehead atoms. The second kappa shape index (κ2) is 4.23. The van der Waals surface area contributed by atoms with E-state index in [1.54, 1.807) is 0 Å². The van der Waals surface area contributed by atoms with Crippen LogP contribution in [-0.2, 0) is 4.79 Å². The molecule has 0 rings (SSSR count). The Morgan fingerprint density at radius 3 is 2.73 bits per heavy atom. The minimum Gasteiger partial charge on any atom is -0.411 e. The van der Waals surface area contributed by atoms with Crippen LogP contribution in [0.25, 0.3) is 0 Å². The predicted octanol–water partition coefficient (Wildman–Crippen LogP) is 0.444. The third kappa shape index (κ3) is 5.72. The van der Waals surface area contributed by atoms with Crippen molar-refractivity contribution >= 4 is 23.9 Å². The summed E-state index contributed by atoms with van der Waals surface area (Å²) in [5.41, 5.74) is 4.93. The molecule has 3 N–H and O–H groups in total. The van der Waals surface area contributed by atoms with Crippen LogP contribution in [0.2, 0.25) is 0 Å². The standard InChI is InChI=1S/C6H12N2O2S/c1-6(2,4-8-10)11-3-5(7)9/h4,10H,3H2,1-2H3,(H2,7,9)/b8-4+. The Kier molecular flexibility index (Phi) is 3.95. The molecule has 64 valence electrons. The van der Waals surface area contributed by atoms with Crippen LogP contribution in [0.1, 0.15) is 13.8 Å². The van der Waals surface area contributed by atoms with Gasteiger partial charge in [0.15, 0.2) is 0 Å². The molecule has 0 saturated carbocycles. The Balaban J connectivity index is 3.82. The quantitative estimate of drug-likeness (QED) is 0.371. The summed E-state index contributed by atoms with van der Waals surface area (Å²) in [6.07, 6.45) is 1.36. The highest BCUT2D eigenvalue weighted by atomic mass is 32.2. The van der Waals surface area contributed by atoms with Crippen molar-refractivity contribution in [3.05, 3.63) is 0 Å². The molecule has 0 aliphatic rings. The van der Waals surface area contributed by atoms with Crippen molar-refractivity contribution in [3.63, 3.8) is 0 Å². The second-order valence-electron chi connectivity index (χ2n) is 2.60. The van der Waals surface area contributed by atoms with Crippen molar-refractivity contribution in [2.24, 2.45) is 10.9 Å². The Labute approximate surface area is 69.8 Å². The Hall–Kier alpha value is -0.710. The topological polar surface area (TPSA) is 75.7 Å². The van der Waals surface area contributed by atoms with Gasteiger partial charge in [-0.25, -0.2) is 0 Å². The molecule has 0 unspecified atom stereocenters. The van der Waals surface area contributed by atoms with Gasteiger partial charge in [-0.05, 0) is 13.8 Å². The maximum atomic E-state index is 10.3. The van der Waals surface area contributed by atoms with Gasteiger partial charge in [0.25, 0.3) is 0 Å². The average molecular weight is 176 g/mol. The van der Waals surface area contributed by atoms with Gasteiger partial charge in [0.2, 0.25) is 5.91 Å². The van der Waals surface area contributed by atoms with Gasteiger partial charge in [0, 0.05) is 4.75 Å². The summed E-state index contributed by atoms with van der Waals surface area (Å²) < 4.78 is -0.343. The van der Waals surface area contributed by atoms with Crippen molar-refractivity contribution in [1.82, 2.24) is 0 Å². The van der Waals surface area contributed by atoms with Crippen LogP contribution in [0, 0.1) is 0 Å². The first-order chi connectivity index (χ1) is 4.98. The van der Waals surface area contributed by atoms with Crippen LogP contribution >= 0.6 is 11.8 Å². The summed E-state index contributed by atoms with van der Waals surface area (Å²) in [4.78, 5) is 10.3. The number of amides is 1. The lowest BCUT2D eigenvalue weighted by Gasteiger charge is -2.15. The molecule has 0 aromatic rings. The van der Waals surface area contributed by atoms with Gasteiger partial charge >= 0.3 is 0 Å². The number of thioether (sulfide) groups is 1. The third-order valence-electron chi connectivity index (χ3n) is 0.955. The number of rotatable bonds is 4. The highest BCUT2D eigenvalue weighted by Crippen LogP contribution is 2.21. The zero-order valence-corrected chi connectivity index (χ0v) is 7.39. The van der Waals surface area contributed by atoms with Gasteiger partial charge in [-0.1, -0.05) is 0 Å². The number of nitrogens with two attached hydrogens (primary N) is 1. The lowest BCUT2D eigenvalue weighted by atomic mass is 10.2. The number of primary amides is 1. The minimum atomic E-state index is -0.366. The zero-order valence-electron chi connectivity index (χ0n) is 6.57. The maximum Gasteiger partial charge on any atom is 0.227 e. The summed E-state index contributed by atoms with van der Waals surface area (Å²) in [6.45, 7) is 3.67. The lowest BCUT2D eigenvalue weighted by Crippen LogP contribution is -2.22. The van der Waals surface area contributed by atoms with Crippen molar-refractivity contribution in [1.29, 1.82) is 0 Å². The van der Waals surface area contributed by atoms with Gasteiger partial charge in [-0.3, -0.25) is 4.79 Å². The molecule has 0 atom stereocenters. The van der Waals surface area contributed by atoms with Crippen LogP contribution in [-0.4, -0.2) is 27.8 Å². The van der Waals surface area contributed by atoms with Crippen molar-refractivity contribution < 1.29 is 10.0 Å². The number of carbonyl (C=O) groups is 1. The summed E-state index contributed by atoms with van der Waals surface area (Å²) in [6, 6.07) is 0. The molecule has 0 spiro atoms. The molecule has 0 radical (unpaired) electrons. The molecular formula is C6H12N2O2S. The molecule has 0 saturated heterocycles. The normalized spacial score (nSPS) is 12.2. The smallest absolute Gasteiger partial charge is 0.227 e. The third-order valence-corrected chi connectivity index (χ3v) is 2.23. The van der Waals surface area contributed by atoms with Crippen LogP contribution in [0.4, 0.5) is 0 Å². The summed E-state index contributed by atoms with van der Waals surface area (Å²) >= 11 is 1.33. The molecule has 0 aliphatic carbocycles. The molecule has 1 amide bonds. The molecular weight excluding hydrogens is 164 g/mol. The molecule has 0 aromatic carbocycles. The number of nitrogens with zero attached hydrogens (tertiary/aromatic N) is 1. The van der Waals surface area contributed by atoms with E-state index in [1.165, 1.54) is 18.0 Å². The Morgan fingerprint density at radius 2 is 2.36 bits per heavy atom. The van der Waals surface area contributed by atoms with E-state index < -0.39 is 0 Å². The van der Waals surface area contributed by atoms with Gasteiger partial charge in [0.05, 0.1) is 12.0 Å². The van der Waals surface area contributed by atoms with E-state index in [0.717, 1.165) is 0 Å². The summed E-state index contributed by atoms with van der Waals surface area (Å²) in [5.74, 6) is -0.131. The first kappa shape index (κ1) is 10.3. The molecule has 11 heavy (non-hydrogen) atoms. The monoisotopic (exact) mass is 176 g/mol. The first-order valence-corrected chi connectivity index (χ1v) is 4.07. The Bertz CT molecular complexity index is 168. The number of hydrogen-bond acceptors (Lipinski definition) is 4. The van der Waals surface area contributed by atoms with E-state index >= 15 is 0 Å². The average Bonchev–Trinajstić information content (AvgIpc) is 1.84. The fraction of sp³-hybridized carbons (Fsp3) is 0.667. The van der Waals surface area contributed by atoms with Gasteiger partial charge < -0.3 is 10.9 Å². The minimum absolute atomic E-state index is 0.235. The van der Waals surface area contributed by atoms with Crippen molar-refractivity contribution in [3.8, 4) is 0 Å². The zero-order chi connectivity index (χ0) is 8.91. The maximum absolute atomic E-state index is 10.3. The number of carbonyl (C=O) groups excluding carboxylic acids is 1. The van der Waals surface area contributed by atoms with E-state index in [4.69, 9.17) is 10.9 Å². The van der Waals surface area contributed by atoms with Crippen molar-refractivity contribution in [2.45, 2.75) is 18.6 Å². The molecule has 0 fully saturated rings. The number of oxime groups is 1. The van der Waals surface area contributed by atoms with Crippen LogP contribution < -0.4 is 5.73 Å². The summed E-state index contributed by atoms with van der Waals surface area (Å²) in [7, 11) is 0. The highest BCUT2D eigenvalue weighted by Gasteiger charge is 2.16. The van der Waals surface area contributed by atoms with Crippen LogP contribution in [0.5, 0.6) is 0 Å². The van der Waals surface area contributed by atoms with E-state index in [2.05, 4.69) is 5.16 Å². The van der Waals surface area contributed by atoms with Gasteiger partial charge in [0.1, 0.15) is 0 Å². The largest absolute Gasteiger partial charge is 0.411 e. The van der Waals surface area contributed by atoms with E-state index in [1.807, 2.05) is 13.8 Å². The fourth-order valence-corrected chi connectivity index (χ4v) is 1.07. The molecule has 5 heteroatoms. The lowest BCUT2D eigenvalue weighted by molar-refractivity contribution is -0.115.